The normalized spacial score (nSPS) is 11.2. The lowest BCUT2D eigenvalue weighted by Gasteiger charge is -2.23. The molecule has 0 spiro atoms. The van der Waals surface area contributed by atoms with Gasteiger partial charge in [-0.3, -0.25) is 9.10 Å². The van der Waals surface area contributed by atoms with Gasteiger partial charge in [-0.15, -0.1) is 0 Å². The molecule has 0 aliphatic rings. The van der Waals surface area contributed by atoms with Crippen molar-refractivity contribution in [2.75, 3.05) is 17.6 Å². The zero-order valence-corrected chi connectivity index (χ0v) is 19.5. The van der Waals surface area contributed by atoms with Crippen LogP contribution in [0.15, 0.2) is 72.8 Å². The summed E-state index contributed by atoms with van der Waals surface area (Å²) in [5.74, 6) is -0.128. The third-order valence-electron chi connectivity index (χ3n) is 4.70. The van der Waals surface area contributed by atoms with Gasteiger partial charge in [-0.05, 0) is 53.6 Å². The number of amides is 1. The standard InChI is InChI=1S/C23H22Cl2N2O3S/c1-26(15-17-8-12-20(24)13-9-17)23(28)19-10-6-18(7-11-19)16-27(31(2,29)30)22-5-3-4-21(25)14-22/h3-14H,15-16H2,1-2H3. The van der Waals surface area contributed by atoms with E-state index in [2.05, 4.69) is 0 Å². The van der Waals surface area contributed by atoms with Crippen LogP contribution in [0.5, 0.6) is 0 Å². The van der Waals surface area contributed by atoms with E-state index in [0.29, 0.717) is 27.8 Å². The summed E-state index contributed by atoms with van der Waals surface area (Å²) in [6.07, 6.45) is 1.15. The van der Waals surface area contributed by atoms with E-state index < -0.39 is 10.0 Å². The smallest absolute Gasteiger partial charge is 0.253 e. The molecule has 3 rings (SSSR count). The van der Waals surface area contributed by atoms with Gasteiger partial charge in [-0.1, -0.05) is 53.5 Å². The van der Waals surface area contributed by atoms with E-state index in [-0.39, 0.29) is 12.5 Å². The summed E-state index contributed by atoms with van der Waals surface area (Å²) >= 11 is 11.9. The van der Waals surface area contributed by atoms with Gasteiger partial charge in [0.1, 0.15) is 0 Å². The van der Waals surface area contributed by atoms with Gasteiger partial charge in [0, 0.05) is 29.2 Å². The van der Waals surface area contributed by atoms with Crippen molar-refractivity contribution in [3.05, 3.63) is 99.5 Å². The van der Waals surface area contributed by atoms with Crippen LogP contribution in [-0.4, -0.2) is 32.5 Å². The maximum Gasteiger partial charge on any atom is 0.253 e. The minimum Gasteiger partial charge on any atom is -0.337 e. The predicted octanol–water partition coefficient (Wildman–Crippen LogP) is 5.23. The van der Waals surface area contributed by atoms with Gasteiger partial charge in [0.2, 0.25) is 10.0 Å². The van der Waals surface area contributed by atoms with Crippen LogP contribution in [0, 0.1) is 0 Å². The monoisotopic (exact) mass is 476 g/mol. The number of benzene rings is 3. The molecule has 0 fully saturated rings. The molecule has 162 valence electrons. The highest BCUT2D eigenvalue weighted by molar-refractivity contribution is 7.92. The molecule has 5 nitrogen and oxygen atoms in total. The SMILES string of the molecule is CN(Cc1ccc(Cl)cc1)C(=O)c1ccc(CN(c2cccc(Cl)c2)S(C)(=O)=O)cc1. The Morgan fingerprint density at radius 3 is 2.00 bits per heavy atom. The lowest BCUT2D eigenvalue weighted by Crippen LogP contribution is -2.29. The van der Waals surface area contributed by atoms with Crippen LogP contribution in [0.3, 0.4) is 0 Å². The summed E-state index contributed by atoms with van der Waals surface area (Å²) in [4.78, 5) is 14.4. The van der Waals surface area contributed by atoms with Crippen molar-refractivity contribution in [1.82, 2.24) is 4.90 Å². The molecule has 0 saturated heterocycles. The highest BCUT2D eigenvalue weighted by Gasteiger charge is 2.19. The fourth-order valence-corrected chi connectivity index (χ4v) is 4.30. The second kappa shape index (κ2) is 9.73. The Hall–Kier alpha value is -2.54. The van der Waals surface area contributed by atoms with Gasteiger partial charge in [0.15, 0.2) is 0 Å². The summed E-state index contributed by atoms with van der Waals surface area (Å²) in [6.45, 7) is 0.586. The molecule has 0 N–H and O–H groups in total. The van der Waals surface area contributed by atoms with E-state index in [1.165, 1.54) is 4.31 Å². The lowest BCUT2D eigenvalue weighted by atomic mass is 10.1. The van der Waals surface area contributed by atoms with Gasteiger partial charge >= 0.3 is 0 Å². The second-order valence-corrected chi connectivity index (χ2v) is 10.0. The Labute approximate surface area is 192 Å². The van der Waals surface area contributed by atoms with Crippen LogP contribution < -0.4 is 4.31 Å². The molecule has 1 amide bonds. The van der Waals surface area contributed by atoms with E-state index in [4.69, 9.17) is 23.2 Å². The third kappa shape index (κ3) is 6.23. The van der Waals surface area contributed by atoms with Gasteiger partial charge in [-0.25, -0.2) is 8.42 Å². The van der Waals surface area contributed by atoms with E-state index in [1.54, 1.807) is 72.6 Å². The van der Waals surface area contributed by atoms with Crippen LogP contribution in [0.2, 0.25) is 10.0 Å². The Bertz CT molecular complexity index is 1160. The highest BCUT2D eigenvalue weighted by Crippen LogP contribution is 2.24. The molecule has 3 aromatic carbocycles. The molecule has 31 heavy (non-hydrogen) atoms. The summed E-state index contributed by atoms with van der Waals surface area (Å²) in [7, 11) is -1.79. The number of carbonyl (C=O) groups excluding carboxylic acids is 1. The topological polar surface area (TPSA) is 57.7 Å². The van der Waals surface area contributed by atoms with Gasteiger partial charge in [0.25, 0.3) is 5.91 Å². The minimum atomic E-state index is -3.52. The number of hydrogen-bond donors (Lipinski definition) is 0. The first kappa shape index (κ1) is 23.1. The molecule has 0 aliphatic carbocycles. The molecule has 0 aliphatic heterocycles. The number of hydrogen-bond acceptors (Lipinski definition) is 3. The zero-order valence-electron chi connectivity index (χ0n) is 17.1. The largest absolute Gasteiger partial charge is 0.337 e. The minimum absolute atomic E-state index is 0.128. The Morgan fingerprint density at radius 1 is 0.839 bits per heavy atom. The van der Waals surface area contributed by atoms with Crippen molar-refractivity contribution >= 4 is 44.8 Å². The Kier molecular flexibility index (Phi) is 7.26. The quantitative estimate of drug-likeness (QED) is 0.468. The number of sulfonamides is 1. The number of anilines is 1. The molecule has 0 bridgehead atoms. The Balaban J connectivity index is 1.73. The molecule has 8 heteroatoms. The van der Waals surface area contributed by atoms with Crippen LogP contribution >= 0.6 is 23.2 Å². The maximum atomic E-state index is 12.7. The molecule has 0 unspecified atom stereocenters. The van der Waals surface area contributed by atoms with Crippen LogP contribution in [0.25, 0.3) is 0 Å². The van der Waals surface area contributed by atoms with Gasteiger partial charge in [0.05, 0.1) is 18.5 Å². The summed E-state index contributed by atoms with van der Waals surface area (Å²) < 4.78 is 25.9. The second-order valence-electron chi connectivity index (χ2n) is 7.23. The first-order valence-corrected chi connectivity index (χ1v) is 12.1. The van der Waals surface area contributed by atoms with Crippen molar-refractivity contribution < 1.29 is 13.2 Å². The maximum absolute atomic E-state index is 12.7. The first-order valence-electron chi connectivity index (χ1n) is 9.45. The molecule has 0 heterocycles. The van der Waals surface area contributed by atoms with Crippen molar-refractivity contribution in [2.45, 2.75) is 13.1 Å². The fourth-order valence-electron chi connectivity index (χ4n) is 3.11. The summed E-state index contributed by atoms with van der Waals surface area (Å²) in [6, 6.07) is 20.9. The van der Waals surface area contributed by atoms with E-state index in [0.717, 1.165) is 17.4 Å². The van der Waals surface area contributed by atoms with Crippen molar-refractivity contribution in [2.24, 2.45) is 0 Å². The summed E-state index contributed by atoms with van der Waals surface area (Å²) in [5, 5.41) is 1.10. The van der Waals surface area contributed by atoms with Crippen LogP contribution in [0.4, 0.5) is 5.69 Å². The highest BCUT2D eigenvalue weighted by atomic mass is 35.5. The fraction of sp³-hybridized carbons (Fsp3) is 0.174. The lowest BCUT2D eigenvalue weighted by molar-refractivity contribution is 0.0785. The Morgan fingerprint density at radius 2 is 1.42 bits per heavy atom. The van der Waals surface area contributed by atoms with Gasteiger partial charge < -0.3 is 4.90 Å². The van der Waals surface area contributed by atoms with Gasteiger partial charge in [-0.2, -0.15) is 0 Å². The summed E-state index contributed by atoms with van der Waals surface area (Å²) in [5.41, 5.74) is 2.73. The number of halogens is 2. The third-order valence-corrected chi connectivity index (χ3v) is 6.33. The predicted molar refractivity (Wildman–Crippen MR) is 126 cm³/mol. The molecular weight excluding hydrogens is 455 g/mol. The van der Waals surface area contributed by atoms with Crippen LogP contribution in [0.1, 0.15) is 21.5 Å². The molecule has 3 aromatic rings. The number of carbonyl (C=O) groups is 1. The van der Waals surface area contributed by atoms with E-state index >= 15 is 0 Å². The number of rotatable bonds is 7. The molecule has 0 saturated carbocycles. The number of nitrogens with zero attached hydrogens (tertiary/aromatic N) is 2. The zero-order chi connectivity index (χ0) is 22.6. The van der Waals surface area contributed by atoms with Crippen molar-refractivity contribution in [3.8, 4) is 0 Å². The molecular formula is C23H22Cl2N2O3S. The molecule has 0 atom stereocenters. The average Bonchev–Trinajstić information content (AvgIpc) is 2.72. The van der Waals surface area contributed by atoms with E-state index in [9.17, 15) is 13.2 Å². The molecule has 0 aromatic heterocycles. The average molecular weight is 477 g/mol. The van der Waals surface area contributed by atoms with Crippen molar-refractivity contribution in [1.29, 1.82) is 0 Å². The molecule has 0 radical (unpaired) electrons. The van der Waals surface area contributed by atoms with E-state index in [1.807, 2.05) is 12.1 Å². The van der Waals surface area contributed by atoms with Crippen molar-refractivity contribution in [3.63, 3.8) is 0 Å². The first-order chi connectivity index (χ1) is 14.6. The van der Waals surface area contributed by atoms with Crippen LogP contribution in [-0.2, 0) is 23.1 Å².